The van der Waals surface area contributed by atoms with E-state index in [0.29, 0.717) is 18.7 Å². The van der Waals surface area contributed by atoms with Crippen LogP contribution in [0.3, 0.4) is 0 Å². The van der Waals surface area contributed by atoms with Gasteiger partial charge in [0, 0.05) is 18.0 Å². The van der Waals surface area contributed by atoms with Gasteiger partial charge in [0.1, 0.15) is 5.82 Å². The fourth-order valence-electron chi connectivity index (χ4n) is 1.97. The molecule has 2 rings (SSSR count). The Balaban J connectivity index is 2.15. The van der Waals surface area contributed by atoms with Gasteiger partial charge in [-0.1, -0.05) is 0 Å². The molecule has 0 fully saturated rings. The zero-order chi connectivity index (χ0) is 14.7. The first-order valence-corrected chi connectivity index (χ1v) is 6.94. The molecule has 1 N–H and O–H groups in total. The van der Waals surface area contributed by atoms with E-state index < -0.39 is 11.8 Å². The maximum atomic E-state index is 13.3. The second-order valence-corrected chi connectivity index (χ2v) is 5.58. The number of hydrogen-bond donors (Lipinski definition) is 1. The van der Waals surface area contributed by atoms with Crippen LogP contribution in [0, 0.1) is 12.7 Å². The van der Waals surface area contributed by atoms with Gasteiger partial charge in [-0.15, -0.1) is 11.3 Å². The minimum Gasteiger partial charge on any atom is -0.478 e. The Labute approximate surface area is 120 Å². The molecule has 0 saturated heterocycles. The molecule has 6 heteroatoms. The lowest BCUT2D eigenvalue weighted by atomic mass is 10.1. The summed E-state index contributed by atoms with van der Waals surface area (Å²) in [4.78, 5) is 18.4. The summed E-state index contributed by atoms with van der Waals surface area (Å²) in [6, 6.07) is 3.75. The molecule has 1 heterocycles. The van der Waals surface area contributed by atoms with Crippen molar-refractivity contribution >= 4 is 17.3 Å². The Morgan fingerprint density at radius 3 is 2.80 bits per heavy atom. The molecule has 0 unspecified atom stereocenters. The number of carboxylic acids is 1. The van der Waals surface area contributed by atoms with Gasteiger partial charge in [-0.2, -0.15) is 0 Å². The molecule has 106 valence electrons. The lowest BCUT2D eigenvalue weighted by Gasteiger charge is -2.17. The first-order valence-electron chi connectivity index (χ1n) is 6.06. The van der Waals surface area contributed by atoms with Crippen LogP contribution < -0.4 is 0 Å². The van der Waals surface area contributed by atoms with Crippen molar-refractivity contribution in [1.82, 2.24) is 9.88 Å². The first kappa shape index (κ1) is 14.6. The minimum absolute atomic E-state index is 0.138. The Morgan fingerprint density at radius 2 is 2.20 bits per heavy atom. The Morgan fingerprint density at radius 1 is 1.45 bits per heavy atom. The van der Waals surface area contributed by atoms with Crippen LogP contribution in [0.25, 0.3) is 0 Å². The van der Waals surface area contributed by atoms with E-state index in [0.717, 1.165) is 10.6 Å². The first-order chi connectivity index (χ1) is 9.47. The molecule has 0 saturated carbocycles. The third-order valence-corrected chi connectivity index (χ3v) is 3.92. The van der Waals surface area contributed by atoms with Crippen LogP contribution in [0.4, 0.5) is 4.39 Å². The SMILES string of the molecule is Cc1ncsc1CN(C)Cc1cc(F)ccc1C(=O)O. The van der Waals surface area contributed by atoms with Gasteiger partial charge in [-0.3, -0.25) is 4.90 Å². The molecule has 0 radical (unpaired) electrons. The fraction of sp³-hybridized carbons (Fsp3) is 0.286. The molecular weight excluding hydrogens is 279 g/mol. The van der Waals surface area contributed by atoms with Gasteiger partial charge in [0.05, 0.1) is 16.8 Å². The van der Waals surface area contributed by atoms with Crippen LogP contribution in [-0.2, 0) is 13.1 Å². The van der Waals surface area contributed by atoms with Gasteiger partial charge in [-0.05, 0) is 37.7 Å². The van der Waals surface area contributed by atoms with Crippen molar-refractivity contribution in [1.29, 1.82) is 0 Å². The van der Waals surface area contributed by atoms with Gasteiger partial charge >= 0.3 is 5.97 Å². The standard InChI is InChI=1S/C14H15FN2O2S/c1-9-13(20-8-16-9)7-17(2)6-10-5-11(15)3-4-12(10)14(18)19/h3-5,8H,6-7H2,1-2H3,(H,18,19). The van der Waals surface area contributed by atoms with Gasteiger partial charge < -0.3 is 5.11 Å². The maximum absolute atomic E-state index is 13.3. The van der Waals surface area contributed by atoms with Gasteiger partial charge in [0.15, 0.2) is 0 Å². The molecule has 0 bridgehead atoms. The molecule has 0 amide bonds. The maximum Gasteiger partial charge on any atom is 0.336 e. The minimum atomic E-state index is -1.04. The summed E-state index contributed by atoms with van der Waals surface area (Å²) < 4.78 is 13.3. The summed E-state index contributed by atoms with van der Waals surface area (Å²) in [6.07, 6.45) is 0. The molecule has 20 heavy (non-hydrogen) atoms. The van der Waals surface area contributed by atoms with Crippen molar-refractivity contribution in [2.75, 3.05) is 7.05 Å². The molecule has 0 aliphatic carbocycles. The molecule has 0 aliphatic rings. The van der Waals surface area contributed by atoms with E-state index in [1.54, 1.807) is 16.8 Å². The zero-order valence-corrected chi connectivity index (χ0v) is 12.1. The highest BCUT2D eigenvalue weighted by atomic mass is 32.1. The Hall–Kier alpha value is -1.79. The fourth-order valence-corrected chi connectivity index (χ4v) is 2.83. The summed E-state index contributed by atoms with van der Waals surface area (Å²) in [6.45, 7) is 2.97. The Bertz CT molecular complexity index is 627. The third-order valence-electron chi connectivity index (χ3n) is 3.00. The largest absolute Gasteiger partial charge is 0.478 e. The second-order valence-electron chi connectivity index (χ2n) is 4.64. The topological polar surface area (TPSA) is 53.4 Å². The van der Waals surface area contributed by atoms with E-state index in [2.05, 4.69) is 4.98 Å². The van der Waals surface area contributed by atoms with E-state index in [-0.39, 0.29) is 5.56 Å². The third kappa shape index (κ3) is 3.40. The van der Waals surface area contributed by atoms with E-state index in [9.17, 15) is 9.18 Å². The molecule has 1 aromatic carbocycles. The van der Waals surface area contributed by atoms with Crippen LogP contribution in [0.2, 0.25) is 0 Å². The monoisotopic (exact) mass is 294 g/mol. The average molecular weight is 294 g/mol. The number of hydrogen-bond acceptors (Lipinski definition) is 4. The molecule has 0 aliphatic heterocycles. The Kier molecular flexibility index (Phi) is 4.46. The van der Waals surface area contributed by atoms with Crippen LogP contribution in [0.5, 0.6) is 0 Å². The van der Waals surface area contributed by atoms with Crippen LogP contribution >= 0.6 is 11.3 Å². The predicted octanol–water partition coefficient (Wildman–Crippen LogP) is 2.92. The highest BCUT2D eigenvalue weighted by Crippen LogP contribution is 2.18. The molecule has 4 nitrogen and oxygen atoms in total. The normalized spacial score (nSPS) is 11.0. The summed E-state index contributed by atoms with van der Waals surface area (Å²) in [5.74, 6) is -1.46. The highest BCUT2D eigenvalue weighted by molar-refractivity contribution is 7.09. The molecular formula is C14H15FN2O2S. The van der Waals surface area contributed by atoms with E-state index >= 15 is 0 Å². The summed E-state index contributed by atoms with van der Waals surface area (Å²) in [5, 5.41) is 9.12. The van der Waals surface area contributed by atoms with E-state index in [1.165, 1.54) is 18.2 Å². The van der Waals surface area contributed by atoms with Crippen molar-refractivity contribution in [2.24, 2.45) is 0 Å². The predicted molar refractivity (Wildman–Crippen MR) is 75.4 cm³/mol. The molecule has 2 aromatic rings. The van der Waals surface area contributed by atoms with Crippen LogP contribution in [0.1, 0.15) is 26.5 Å². The number of aryl methyl sites for hydroxylation is 1. The zero-order valence-electron chi connectivity index (χ0n) is 11.3. The van der Waals surface area contributed by atoms with Gasteiger partial charge in [0.25, 0.3) is 0 Å². The van der Waals surface area contributed by atoms with Crippen molar-refractivity contribution in [3.8, 4) is 0 Å². The number of aromatic carboxylic acids is 1. The van der Waals surface area contributed by atoms with Gasteiger partial charge in [0.2, 0.25) is 0 Å². The number of carboxylic acid groups (broad SMARTS) is 1. The van der Waals surface area contributed by atoms with Crippen molar-refractivity contribution in [2.45, 2.75) is 20.0 Å². The molecule has 1 aromatic heterocycles. The summed E-state index contributed by atoms with van der Waals surface area (Å²) in [5.41, 5.74) is 3.37. The van der Waals surface area contributed by atoms with Crippen LogP contribution in [-0.4, -0.2) is 28.0 Å². The average Bonchev–Trinajstić information content (AvgIpc) is 2.74. The van der Waals surface area contributed by atoms with Crippen molar-refractivity contribution in [3.05, 3.63) is 51.2 Å². The number of nitrogens with zero attached hydrogens (tertiary/aromatic N) is 2. The molecule has 0 spiro atoms. The number of benzene rings is 1. The lowest BCUT2D eigenvalue weighted by Crippen LogP contribution is -2.19. The molecule has 0 atom stereocenters. The summed E-state index contributed by atoms with van der Waals surface area (Å²) >= 11 is 1.56. The smallest absolute Gasteiger partial charge is 0.336 e. The quantitative estimate of drug-likeness (QED) is 0.921. The van der Waals surface area contributed by atoms with Crippen molar-refractivity contribution in [3.63, 3.8) is 0 Å². The number of halogens is 1. The second kappa shape index (κ2) is 6.11. The lowest BCUT2D eigenvalue weighted by molar-refractivity contribution is 0.0694. The van der Waals surface area contributed by atoms with Gasteiger partial charge in [-0.25, -0.2) is 14.2 Å². The number of thiazole rings is 1. The number of aromatic nitrogens is 1. The summed E-state index contributed by atoms with van der Waals surface area (Å²) in [7, 11) is 1.87. The van der Waals surface area contributed by atoms with Crippen LogP contribution in [0.15, 0.2) is 23.7 Å². The van der Waals surface area contributed by atoms with E-state index in [1.807, 2.05) is 18.9 Å². The number of rotatable bonds is 5. The highest BCUT2D eigenvalue weighted by Gasteiger charge is 2.14. The van der Waals surface area contributed by atoms with E-state index in [4.69, 9.17) is 5.11 Å². The van der Waals surface area contributed by atoms with Crippen molar-refractivity contribution < 1.29 is 14.3 Å². The number of carbonyl (C=O) groups is 1.